The number of primary amides is 1. The molecule has 2 heterocycles. The van der Waals surface area contributed by atoms with Crippen molar-refractivity contribution in [1.82, 2.24) is 9.55 Å². The maximum Gasteiger partial charge on any atom is 0.271 e. The third-order valence-corrected chi connectivity index (χ3v) is 4.21. The summed E-state index contributed by atoms with van der Waals surface area (Å²) in [6.07, 6.45) is 1.69. The summed E-state index contributed by atoms with van der Waals surface area (Å²) >= 11 is 0. The molecule has 21 heavy (non-hydrogen) atoms. The van der Waals surface area contributed by atoms with Gasteiger partial charge in [-0.25, -0.2) is 4.98 Å². The monoisotopic (exact) mass is 296 g/mol. The first-order valence-electron chi connectivity index (χ1n) is 6.92. The summed E-state index contributed by atoms with van der Waals surface area (Å²) < 4.78 is 13.5. The van der Waals surface area contributed by atoms with Crippen molar-refractivity contribution in [2.75, 3.05) is 12.3 Å². The molecule has 4 atom stereocenters. The van der Waals surface area contributed by atoms with E-state index in [0.29, 0.717) is 6.42 Å². The van der Waals surface area contributed by atoms with E-state index in [1.165, 1.54) is 6.33 Å². The van der Waals surface area contributed by atoms with Gasteiger partial charge in [-0.3, -0.25) is 4.79 Å². The van der Waals surface area contributed by atoms with Crippen LogP contribution >= 0.6 is 0 Å². The highest BCUT2D eigenvalue weighted by Crippen LogP contribution is 2.47. The second-order valence-corrected chi connectivity index (χ2v) is 6.06. The second-order valence-electron chi connectivity index (χ2n) is 6.06. The molecule has 1 saturated heterocycles. The standard InChI is InChI=1S/C13H20N4O4/c1-13(2)20-9-6(4-18)3-7(10(9)21-13)17-5-16-8(11(17)14)12(15)19/h5-7,9-10,18H,3-4,14H2,1-2H3,(H2,15,19)/t6-,7-,9-,10+/m1/s1. The highest BCUT2D eigenvalue weighted by Gasteiger charge is 2.54. The first-order valence-corrected chi connectivity index (χ1v) is 6.92. The minimum Gasteiger partial charge on any atom is -0.396 e. The number of fused-ring (bicyclic) bond motifs is 1. The topological polar surface area (TPSA) is 126 Å². The number of hydrogen-bond acceptors (Lipinski definition) is 6. The Balaban J connectivity index is 1.94. The van der Waals surface area contributed by atoms with Crippen molar-refractivity contribution in [1.29, 1.82) is 0 Å². The van der Waals surface area contributed by atoms with E-state index in [-0.39, 0.29) is 42.3 Å². The lowest BCUT2D eigenvalue weighted by Crippen LogP contribution is -2.28. The molecule has 1 aliphatic heterocycles. The maximum atomic E-state index is 11.3. The van der Waals surface area contributed by atoms with Crippen LogP contribution in [0.4, 0.5) is 5.82 Å². The molecule has 1 saturated carbocycles. The third-order valence-electron chi connectivity index (χ3n) is 4.21. The van der Waals surface area contributed by atoms with Crippen molar-refractivity contribution in [3.63, 3.8) is 0 Å². The molecule has 0 bridgehead atoms. The predicted octanol–water partition coefficient (Wildman–Crippen LogP) is -0.362. The molecule has 0 unspecified atom stereocenters. The molecular weight excluding hydrogens is 276 g/mol. The minimum atomic E-state index is -0.705. The second kappa shape index (κ2) is 4.69. The molecule has 8 heteroatoms. The van der Waals surface area contributed by atoms with E-state index in [1.54, 1.807) is 4.57 Å². The fourth-order valence-corrected chi connectivity index (χ4v) is 3.33. The zero-order chi connectivity index (χ0) is 15.4. The summed E-state index contributed by atoms with van der Waals surface area (Å²) in [6, 6.07) is -0.144. The Morgan fingerprint density at radius 2 is 2.19 bits per heavy atom. The van der Waals surface area contributed by atoms with Gasteiger partial charge in [0.25, 0.3) is 5.91 Å². The Labute approximate surface area is 122 Å². The lowest BCUT2D eigenvalue weighted by atomic mass is 10.1. The van der Waals surface area contributed by atoms with Crippen molar-refractivity contribution in [2.24, 2.45) is 11.7 Å². The summed E-state index contributed by atoms with van der Waals surface area (Å²) in [5.74, 6) is -1.19. The van der Waals surface area contributed by atoms with Gasteiger partial charge in [0.2, 0.25) is 0 Å². The van der Waals surface area contributed by atoms with Crippen molar-refractivity contribution >= 4 is 11.7 Å². The molecule has 1 aliphatic carbocycles. The number of aliphatic hydroxyl groups excluding tert-OH is 1. The quantitative estimate of drug-likeness (QED) is 0.699. The first-order chi connectivity index (χ1) is 9.84. The number of imidazole rings is 1. The van der Waals surface area contributed by atoms with Gasteiger partial charge < -0.3 is 30.6 Å². The number of carbonyl (C=O) groups excluding carboxylic acids is 1. The largest absolute Gasteiger partial charge is 0.396 e. The minimum absolute atomic E-state index is 0.00832. The lowest BCUT2D eigenvalue weighted by molar-refractivity contribution is -0.161. The van der Waals surface area contributed by atoms with Gasteiger partial charge >= 0.3 is 0 Å². The van der Waals surface area contributed by atoms with Gasteiger partial charge in [0.1, 0.15) is 11.9 Å². The zero-order valence-electron chi connectivity index (χ0n) is 12.0. The van der Waals surface area contributed by atoms with Crippen LogP contribution in [0.15, 0.2) is 6.33 Å². The average Bonchev–Trinajstić information content (AvgIpc) is 3.00. The van der Waals surface area contributed by atoms with Crippen molar-refractivity contribution < 1.29 is 19.4 Å². The van der Waals surface area contributed by atoms with E-state index in [1.807, 2.05) is 13.8 Å². The number of rotatable bonds is 3. The molecule has 8 nitrogen and oxygen atoms in total. The van der Waals surface area contributed by atoms with Crippen LogP contribution < -0.4 is 11.5 Å². The number of nitrogens with two attached hydrogens (primary N) is 2. The number of aromatic nitrogens is 2. The molecule has 3 rings (SSSR count). The van der Waals surface area contributed by atoms with Crippen molar-refractivity contribution in [3.05, 3.63) is 12.0 Å². The van der Waals surface area contributed by atoms with Gasteiger partial charge in [-0.05, 0) is 20.3 Å². The van der Waals surface area contributed by atoms with Gasteiger partial charge in [-0.2, -0.15) is 0 Å². The van der Waals surface area contributed by atoms with E-state index in [2.05, 4.69) is 4.98 Å². The fraction of sp³-hybridized carbons (Fsp3) is 0.692. The van der Waals surface area contributed by atoms with E-state index >= 15 is 0 Å². The molecule has 116 valence electrons. The molecule has 1 amide bonds. The summed E-state index contributed by atoms with van der Waals surface area (Å²) in [5, 5.41) is 9.54. The van der Waals surface area contributed by atoms with E-state index in [9.17, 15) is 9.90 Å². The Hall–Kier alpha value is -1.64. The van der Waals surface area contributed by atoms with E-state index < -0.39 is 11.7 Å². The molecule has 0 aromatic carbocycles. The third kappa shape index (κ3) is 2.19. The van der Waals surface area contributed by atoms with Crippen LogP contribution in [0, 0.1) is 5.92 Å². The smallest absolute Gasteiger partial charge is 0.271 e. The molecule has 2 aliphatic rings. The van der Waals surface area contributed by atoms with E-state index in [0.717, 1.165) is 0 Å². The number of ether oxygens (including phenoxy) is 2. The number of aliphatic hydroxyl groups is 1. The number of anilines is 1. The lowest BCUT2D eigenvalue weighted by Gasteiger charge is -2.24. The number of nitrogen functional groups attached to an aromatic ring is 1. The van der Waals surface area contributed by atoms with Crippen LogP contribution in [-0.2, 0) is 9.47 Å². The number of nitrogens with zero attached hydrogens (tertiary/aromatic N) is 2. The van der Waals surface area contributed by atoms with Gasteiger partial charge in [-0.15, -0.1) is 0 Å². The first kappa shape index (κ1) is 14.3. The average molecular weight is 296 g/mol. The highest BCUT2D eigenvalue weighted by molar-refractivity contribution is 5.95. The molecule has 1 aromatic rings. The Bertz CT molecular complexity index is 571. The van der Waals surface area contributed by atoms with Crippen LogP contribution in [0.25, 0.3) is 0 Å². The highest BCUT2D eigenvalue weighted by atomic mass is 16.8. The van der Waals surface area contributed by atoms with Gasteiger partial charge in [0.15, 0.2) is 11.5 Å². The molecule has 1 aromatic heterocycles. The van der Waals surface area contributed by atoms with Gasteiger partial charge in [0, 0.05) is 12.5 Å². The molecule has 2 fully saturated rings. The number of amides is 1. The predicted molar refractivity (Wildman–Crippen MR) is 73.2 cm³/mol. The summed E-state index contributed by atoms with van der Waals surface area (Å²) in [4.78, 5) is 15.2. The number of hydrogen-bond donors (Lipinski definition) is 3. The van der Waals surface area contributed by atoms with Crippen LogP contribution in [0.2, 0.25) is 0 Å². The molecule has 5 N–H and O–H groups in total. The van der Waals surface area contributed by atoms with Crippen molar-refractivity contribution in [2.45, 2.75) is 44.3 Å². The van der Waals surface area contributed by atoms with Crippen LogP contribution in [0.3, 0.4) is 0 Å². The Morgan fingerprint density at radius 1 is 1.52 bits per heavy atom. The summed E-state index contributed by atoms with van der Waals surface area (Å²) in [7, 11) is 0. The Morgan fingerprint density at radius 3 is 2.76 bits per heavy atom. The summed E-state index contributed by atoms with van der Waals surface area (Å²) in [6.45, 7) is 3.68. The molecule has 0 radical (unpaired) electrons. The van der Waals surface area contributed by atoms with Crippen molar-refractivity contribution in [3.8, 4) is 0 Å². The van der Waals surface area contributed by atoms with Gasteiger partial charge in [-0.1, -0.05) is 0 Å². The SMILES string of the molecule is CC1(C)O[C@@H]2[C@@H](CO)C[C@@H](n3cnc(C(N)=O)c3N)[C@@H]2O1. The fourth-order valence-electron chi connectivity index (χ4n) is 3.33. The number of carbonyl (C=O) groups is 1. The molecular formula is C13H20N4O4. The molecule has 0 spiro atoms. The summed E-state index contributed by atoms with van der Waals surface area (Å²) in [5.41, 5.74) is 11.3. The van der Waals surface area contributed by atoms with Crippen LogP contribution in [0.5, 0.6) is 0 Å². The van der Waals surface area contributed by atoms with Gasteiger partial charge in [0.05, 0.1) is 18.5 Å². The van der Waals surface area contributed by atoms with Crippen LogP contribution in [0.1, 0.15) is 36.8 Å². The normalized spacial score (nSPS) is 34.0. The van der Waals surface area contributed by atoms with Crippen LogP contribution in [-0.4, -0.2) is 45.2 Å². The Kier molecular flexibility index (Phi) is 3.19. The van der Waals surface area contributed by atoms with E-state index in [4.69, 9.17) is 20.9 Å². The zero-order valence-corrected chi connectivity index (χ0v) is 12.0. The maximum absolute atomic E-state index is 11.3.